The van der Waals surface area contributed by atoms with Gasteiger partial charge in [0.25, 0.3) is 5.91 Å². The number of benzene rings is 1. The molecule has 1 aliphatic rings. The number of hydrogen-bond donors (Lipinski definition) is 2. The molecule has 156 valence electrons. The van der Waals surface area contributed by atoms with Crippen LogP contribution in [0.2, 0.25) is 0 Å². The molecule has 6 nitrogen and oxygen atoms in total. The van der Waals surface area contributed by atoms with Gasteiger partial charge in [-0.3, -0.25) is 4.79 Å². The first-order valence-corrected chi connectivity index (χ1v) is 10.0. The van der Waals surface area contributed by atoms with Crippen molar-refractivity contribution < 1.29 is 22.7 Å². The predicted molar refractivity (Wildman–Crippen MR) is 106 cm³/mol. The van der Waals surface area contributed by atoms with E-state index in [-0.39, 0.29) is 5.69 Å². The molecule has 1 aliphatic heterocycles. The average molecular weight is 434 g/mol. The molecular formula is C20H17F3N4O2S. The van der Waals surface area contributed by atoms with Gasteiger partial charge in [0.1, 0.15) is 34.5 Å². The standard InChI is InChI=1S/C20H17F3N4O2S/c21-12-2-1-3-13(22)17(12)18-14(23)4-5-15(26-18)19(28)27-16-9-25-30-20(16)29-10-11-6-7-24-8-11/h1-5,9,11,24H,6-8,10H2,(H,27,28). The third kappa shape index (κ3) is 4.29. The molecule has 1 aromatic carbocycles. The first-order valence-electron chi connectivity index (χ1n) is 9.23. The SMILES string of the molecule is O=C(Nc1cnsc1OCC1CCNC1)c1ccc(F)c(-c2c(F)cccc2F)n1. The number of amides is 1. The summed E-state index contributed by atoms with van der Waals surface area (Å²) in [5, 5.41) is 6.30. The summed E-state index contributed by atoms with van der Waals surface area (Å²) in [4.78, 5) is 16.5. The number of nitrogens with one attached hydrogen (secondary N) is 2. The number of rotatable bonds is 6. The van der Waals surface area contributed by atoms with Gasteiger partial charge in [-0.05, 0) is 37.2 Å². The molecule has 1 unspecified atom stereocenters. The maximum atomic E-state index is 14.2. The fourth-order valence-corrected chi connectivity index (χ4v) is 3.70. The molecule has 30 heavy (non-hydrogen) atoms. The Morgan fingerprint density at radius 2 is 2.00 bits per heavy atom. The zero-order valence-electron chi connectivity index (χ0n) is 15.6. The number of carbonyl (C=O) groups excluding carboxylic acids is 1. The number of carbonyl (C=O) groups is 1. The Bertz CT molecular complexity index is 1050. The van der Waals surface area contributed by atoms with Gasteiger partial charge in [-0.25, -0.2) is 18.2 Å². The Balaban J connectivity index is 1.53. The van der Waals surface area contributed by atoms with Crippen LogP contribution in [-0.4, -0.2) is 35.0 Å². The average Bonchev–Trinajstić information content (AvgIpc) is 3.39. The second-order valence-electron chi connectivity index (χ2n) is 6.77. The molecular weight excluding hydrogens is 417 g/mol. The largest absolute Gasteiger partial charge is 0.481 e. The highest BCUT2D eigenvalue weighted by molar-refractivity contribution is 7.08. The van der Waals surface area contributed by atoms with Crippen molar-refractivity contribution in [1.29, 1.82) is 0 Å². The molecule has 2 aromatic heterocycles. The number of anilines is 1. The van der Waals surface area contributed by atoms with Crippen molar-refractivity contribution in [3.05, 3.63) is 59.7 Å². The fraction of sp³-hybridized carbons (Fsp3) is 0.250. The predicted octanol–water partition coefficient (Wildman–Crippen LogP) is 3.86. The van der Waals surface area contributed by atoms with E-state index in [1.807, 2.05) is 0 Å². The summed E-state index contributed by atoms with van der Waals surface area (Å²) in [7, 11) is 0. The summed E-state index contributed by atoms with van der Waals surface area (Å²) >= 11 is 1.09. The minimum absolute atomic E-state index is 0.203. The number of hydrogen-bond acceptors (Lipinski definition) is 6. The van der Waals surface area contributed by atoms with Gasteiger partial charge in [-0.1, -0.05) is 6.07 Å². The molecule has 0 bridgehead atoms. The minimum atomic E-state index is -0.974. The van der Waals surface area contributed by atoms with E-state index < -0.39 is 34.6 Å². The van der Waals surface area contributed by atoms with Crippen LogP contribution >= 0.6 is 11.5 Å². The van der Waals surface area contributed by atoms with E-state index in [0.717, 1.165) is 61.4 Å². The number of pyridine rings is 1. The smallest absolute Gasteiger partial charge is 0.274 e. The molecule has 1 fully saturated rings. The number of halogens is 3. The van der Waals surface area contributed by atoms with E-state index in [1.165, 1.54) is 6.20 Å². The highest BCUT2D eigenvalue weighted by atomic mass is 32.1. The van der Waals surface area contributed by atoms with Gasteiger partial charge in [-0.15, -0.1) is 0 Å². The minimum Gasteiger partial charge on any atom is -0.481 e. The number of nitrogens with zero attached hydrogens (tertiary/aromatic N) is 2. The molecule has 2 N–H and O–H groups in total. The van der Waals surface area contributed by atoms with Crippen molar-refractivity contribution >= 4 is 23.1 Å². The Labute approximate surface area is 174 Å². The summed E-state index contributed by atoms with van der Waals surface area (Å²) in [6, 6.07) is 5.23. The highest BCUT2D eigenvalue weighted by Crippen LogP contribution is 2.31. The maximum absolute atomic E-state index is 14.2. The van der Waals surface area contributed by atoms with Crippen LogP contribution in [0.15, 0.2) is 36.5 Å². The van der Waals surface area contributed by atoms with E-state index >= 15 is 0 Å². The van der Waals surface area contributed by atoms with Crippen LogP contribution in [0.1, 0.15) is 16.9 Å². The Morgan fingerprint density at radius 3 is 2.73 bits per heavy atom. The molecule has 0 saturated carbocycles. The molecule has 0 aliphatic carbocycles. The van der Waals surface area contributed by atoms with Crippen molar-refractivity contribution in [1.82, 2.24) is 14.7 Å². The van der Waals surface area contributed by atoms with Crippen LogP contribution in [0.4, 0.5) is 18.9 Å². The molecule has 0 radical (unpaired) electrons. The van der Waals surface area contributed by atoms with Gasteiger partial charge in [0.05, 0.1) is 18.4 Å². The van der Waals surface area contributed by atoms with Crippen molar-refractivity contribution in [3.63, 3.8) is 0 Å². The Morgan fingerprint density at radius 1 is 1.20 bits per heavy atom. The Kier molecular flexibility index (Phi) is 5.96. The van der Waals surface area contributed by atoms with E-state index in [4.69, 9.17) is 4.74 Å². The van der Waals surface area contributed by atoms with Crippen LogP contribution in [0, 0.1) is 23.4 Å². The molecule has 1 saturated heterocycles. The maximum Gasteiger partial charge on any atom is 0.274 e. The van der Waals surface area contributed by atoms with Gasteiger partial charge in [0.2, 0.25) is 5.06 Å². The normalized spacial score (nSPS) is 15.9. The molecule has 0 spiro atoms. The molecule has 1 amide bonds. The van der Waals surface area contributed by atoms with Crippen molar-refractivity contribution in [3.8, 4) is 16.3 Å². The van der Waals surface area contributed by atoms with Crippen LogP contribution in [-0.2, 0) is 0 Å². The zero-order chi connectivity index (χ0) is 21.1. The van der Waals surface area contributed by atoms with Gasteiger partial charge in [0.15, 0.2) is 0 Å². The monoisotopic (exact) mass is 434 g/mol. The van der Waals surface area contributed by atoms with Crippen molar-refractivity contribution in [2.75, 3.05) is 25.0 Å². The van der Waals surface area contributed by atoms with Crippen molar-refractivity contribution in [2.24, 2.45) is 5.92 Å². The lowest BCUT2D eigenvalue weighted by Gasteiger charge is -2.11. The number of ether oxygens (including phenoxy) is 1. The van der Waals surface area contributed by atoms with Crippen LogP contribution in [0.3, 0.4) is 0 Å². The lowest BCUT2D eigenvalue weighted by atomic mass is 10.1. The summed E-state index contributed by atoms with van der Waals surface area (Å²) in [5.41, 5.74) is -1.06. The van der Waals surface area contributed by atoms with Crippen LogP contribution in [0.25, 0.3) is 11.3 Å². The molecule has 1 atom stereocenters. The van der Waals surface area contributed by atoms with E-state index in [0.29, 0.717) is 23.3 Å². The third-order valence-corrected chi connectivity index (χ3v) is 5.39. The summed E-state index contributed by atoms with van der Waals surface area (Å²) in [5.74, 6) is -3.19. The summed E-state index contributed by atoms with van der Waals surface area (Å²) < 4.78 is 52.1. The first kappa shape index (κ1) is 20.3. The van der Waals surface area contributed by atoms with E-state index in [1.54, 1.807) is 0 Å². The molecule has 3 aromatic rings. The topological polar surface area (TPSA) is 76.1 Å². The number of aromatic nitrogens is 2. The summed E-state index contributed by atoms with van der Waals surface area (Å²) in [6.45, 7) is 2.31. The van der Waals surface area contributed by atoms with Gasteiger partial charge < -0.3 is 15.4 Å². The van der Waals surface area contributed by atoms with Gasteiger partial charge in [-0.2, -0.15) is 4.37 Å². The lowest BCUT2D eigenvalue weighted by molar-refractivity contribution is 0.102. The van der Waals surface area contributed by atoms with Gasteiger partial charge in [0, 0.05) is 24.0 Å². The summed E-state index contributed by atoms with van der Waals surface area (Å²) in [6.07, 6.45) is 2.45. The molecule has 4 rings (SSSR count). The van der Waals surface area contributed by atoms with E-state index in [9.17, 15) is 18.0 Å². The van der Waals surface area contributed by atoms with Crippen LogP contribution < -0.4 is 15.4 Å². The molecule has 10 heteroatoms. The van der Waals surface area contributed by atoms with Crippen LogP contribution in [0.5, 0.6) is 5.06 Å². The Hall–Kier alpha value is -2.98. The highest BCUT2D eigenvalue weighted by Gasteiger charge is 2.21. The third-order valence-electron chi connectivity index (χ3n) is 4.68. The second kappa shape index (κ2) is 8.80. The first-order chi connectivity index (χ1) is 14.5. The quantitative estimate of drug-likeness (QED) is 0.616. The van der Waals surface area contributed by atoms with Gasteiger partial charge >= 0.3 is 0 Å². The zero-order valence-corrected chi connectivity index (χ0v) is 16.4. The van der Waals surface area contributed by atoms with Crippen molar-refractivity contribution in [2.45, 2.75) is 6.42 Å². The second-order valence-corrected chi connectivity index (χ2v) is 7.54. The lowest BCUT2D eigenvalue weighted by Crippen LogP contribution is -2.17. The fourth-order valence-electron chi connectivity index (χ4n) is 3.12. The molecule has 3 heterocycles. The van der Waals surface area contributed by atoms with E-state index in [2.05, 4.69) is 20.0 Å².